The molecule has 2 heterocycles. The van der Waals surface area contributed by atoms with Gasteiger partial charge in [-0.1, -0.05) is 60.7 Å². The number of hydrogen-bond donors (Lipinski definition) is 5. The second kappa shape index (κ2) is 14.2. The number of hydroxylamine groups is 1. The van der Waals surface area contributed by atoms with E-state index in [1.807, 2.05) is 60.8 Å². The molecule has 0 fully saturated rings. The van der Waals surface area contributed by atoms with Gasteiger partial charge in [0.1, 0.15) is 6.61 Å². The number of ether oxygens (including phenoxy) is 1. The Morgan fingerprint density at radius 1 is 0.833 bits per heavy atom. The molecule has 0 spiro atoms. The summed E-state index contributed by atoms with van der Waals surface area (Å²) >= 11 is 0. The number of aromatic nitrogens is 2. The standard InChI is InChI=1S/C33H35N5O4/c39-32(37-41)14-13-24-9-11-25(12-10-24)23-38(18-16-27-22-36-31-8-4-2-6-29(27)31)19-20-42-33(40)34-17-15-26-21-35-30-7-3-1-5-28(26)30/h1-14,21-22,35-36,41H,15-20,23H2,(H,34,40)(H,37,39). The average molecular weight is 566 g/mol. The first-order chi connectivity index (χ1) is 20.6. The van der Waals surface area contributed by atoms with Gasteiger partial charge in [0.05, 0.1) is 0 Å². The smallest absolute Gasteiger partial charge is 0.407 e. The third-order valence-corrected chi connectivity index (χ3v) is 7.27. The summed E-state index contributed by atoms with van der Waals surface area (Å²) in [6.07, 6.45) is 8.08. The van der Waals surface area contributed by atoms with Crippen LogP contribution in [0.25, 0.3) is 27.9 Å². The fourth-order valence-electron chi connectivity index (χ4n) is 5.04. The highest BCUT2D eigenvalue weighted by molar-refractivity contribution is 5.90. The normalized spacial score (nSPS) is 11.5. The summed E-state index contributed by atoms with van der Waals surface area (Å²) < 4.78 is 5.54. The molecule has 0 radical (unpaired) electrons. The van der Waals surface area contributed by atoms with Crippen molar-refractivity contribution in [3.63, 3.8) is 0 Å². The van der Waals surface area contributed by atoms with Gasteiger partial charge in [-0.2, -0.15) is 0 Å². The van der Waals surface area contributed by atoms with Gasteiger partial charge in [-0.15, -0.1) is 0 Å². The summed E-state index contributed by atoms with van der Waals surface area (Å²) in [4.78, 5) is 32.5. The lowest BCUT2D eigenvalue weighted by atomic mass is 10.1. The molecule has 0 unspecified atom stereocenters. The molecule has 0 bridgehead atoms. The van der Waals surface area contributed by atoms with Crippen LogP contribution >= 0.6 is 0 Å². The highest BCUT2D eigenvalue weighted by Gasteiger charge is 2.11. The Bertz CT molecular complexity index is 1650. The quantitative estimate of drug-likeness (QED) is 0.0765. The summed E-state index contributed by atoms with van der Waals surface area (Å²) in [5.41, 5.74) is 8.14. The predicted octanol–water partition coefficient (Wildman–Crippen LogP) is 5.18. The van der Waals surface area contributed by atoms with Gasteiger partial charge in [-0.3, -0.25) is 14.9 Å². The van der Waals surface area contributed by atoms with E-state index in [2.05, 4.69) is 44.6 Å². The van der Waals surface area contributed by atoms with Gasteiger partial charge in [0.15, 0.2) is 0 Å². The average Bonchev–Trinajstić information content (AvgIpc) is 3.63. The number of H-pyrrole nitrogens is 2. The lowest BCUT2D eigenvalue weighted by Crippen LogP contribution is -2.33. The number of rotatable bonds is 13. The van der Waals surface area contributed by atoms with E-state index in [0.717, 1.165) is 40.7 Å². The van der Waals surface area contributed by atoms with Gasteiger partial charge in [-0.05, 0) is 53.3 Å². The molecule has 0 aliphatic carbocycles. The molecule has 9 heteroatoms. The van der Waals surface area contributed by atoms with Crippen molar-refractivity contribution in [1.29, 1.82) is 0 Å². The van der Waals surface area contributed by atoms with Gasteiger partial charge in [0.2, 0.25) is 0 Å². The van der Waals surface area contributed by atoms with Crippen LogP contribution in [0.1, 0.15) is 22.3 Å². The number of carbonyl (C=O) groups is 2. The third-order valence-electron chi connectivity index (χ3n) is 7.27. The zero-order valence-corrected chi connectivity index (χ0v) is 23.3. The number of alkyl carbamates (subject to hydrolysis) is 1. The van der Waals surface area contributed by atoms with Gasteiger partial charge >= 0.3 is 6.09 Å². The minimum absolute atomic E-state index is 0.268. The van der Waals surface area contributed by atoms with Crippen LogP contribution in [0.5, 0.6) is 0 Å². The Labute approximate surface area is 244 Å². The highest BCUT2D eigenvalue weighted by Crippen LogP contribution is 2.19. The number of benzene rings is 3. The molecular formula is C33H35N5O4. The maximum absolute atomic E-state index is 12.4. The lowest BCUT2D eigenvalue weighted by Gasteiger charge is -2.22. The van der Waals surface area contributed by atoms with E-state index in [1.54, 1.807) is 11.6 Å². The second-order valence-corrected chi connectivity index (χ2v) is 10.1. The van der Waals surface area contributed by atoms with Crippen molar-refractivity contribution >= 4 is 39.9 Å². The Morgan fingerprint density at radius 2 is 1.48 bits per heavy atom. The topological polar surface area (TPSA) is 122 Å². The fourth-order valence-corrected chi connectivity index (χ4v) is 5.04. The summed E-state index contributed by atoms with van der Waals surface area (Å²) in [7, 11) is 0. The number of carbonyl (C=O) groups excluding carboxylic acids is 2. The van der Waals surface area contributed by atoms with Crippen LogP contribution in [0, 0.1) is 0 Å². The van der Waals surface area contributed by atoms with Crippen molar-refractivity contribution in [2.24, 2.45) is 0 Å². The maximum atomic E-state index is 12.4. The zero-order valence-electron chi connectivity index (χ0n) is 23.3. The summed E-state index contributed by atoms with van der Waals surface area (Å²) in [5.74, 6) is -0.579. The van der Waals surface area contributed by atoms with Gasteiger partial charge in [-0.25, -0.2) is 10.3 Å². The van der Waals surface area contributed by atoms with E-state index in [9.17, 15) is 9.59 Å². The molecule has 2 amide bonds. The predicted molar refractivity (Wildman–Crippen MR) is 164 cm³/mol. The molecular weight excluding hydrogens is 530 g/mol. The largest absolute Gasteiger partial charge is 0.448 e. The molecule has 0 saturated heterocycles. The number of amides is 2. The molecule has 0 aliphatic heterocycles. The van der Waals surface area contributed by atoms with Crippen LogP contribution in [0.15, 0.2) is 91.3 Å². The third kappa shape index (κ3) is 7.66. The molecule has 0 aliphatic rings. The van der Waals surface area contributed by atoms with Crippen LogP contribution in [0.2, 0.25) is 0 Å². The van der Waals surface area contributed by atoms with Crippen LogP contribution < -0.4 is 10.8 Å². The molecule has 5 rings (SSSR count). The Balaban J connectivity index is 1.15. The van der Waals surface area contributed by atoms with Crippen LogP contribution in [-0.4, -0.2) is 58.3 Å². The molecule has 216 valence electrons. The number of hydrogen-bond acceptors (Lipinski definition) is 5. The van der Waals surface area contributed by atoms with Gasteiger partial charge in [0.25, 0.3) is 5.91 Å². The van der Waals surface area contributed by atoms with E-state index in [0.29, 0.717) is 26.1 Å². The molecule has 0 atom stereocenters. The van der Waals surface area contributed by atoms with Crippen molar-refractivity contribution in [2.45, 2.75) is 19.4 Å². The lowest BCUT2D eigenvalue weighted by molar-refractivity contribution is -0.124. The van der Waals surface area contributed by atoms with E-state index in [1.165, 1.54) is 22.4 Å². The SMILES string of the molecule is O=C(C=Cc1ccc(CN(CCOC(=O)NCCc2c[nH]c3ccccc23)CCc2c[nH]c3ccccc23)cc1)NO. The van der Waals surface area contributed by atoms with E-state index in [4.69, 9.17) is 9.94 Å². The van der Waals surface area contributed by atoms with Crippen molar-refractivity contribution in [3.05, 3.63) is 114 Å². The van der Waals surface area contributed by atoms with Crippen LogP contribution in [0.3, 0.4) is 0 Å². The first-order valence-corrected chi connectivity index (χ1v) is 14.0. The minimum atomic E-state index is -0.579. The molecule has 0 saturated carbocycles. The Hall–Kier alpha value is -4.86. The van der Waals surface area contributed by atoms with Crippen LogP contribution in [-0.2, 0) is 28.9 Å². The van der Waals surface area contributed by atoms with Crippen molar-refractivity contribution in [3.8, 4) is 0 Å². The van der Waals surface area contributed by atoms with Crippen molar-refractivity contribution in [1.82, 2.24) is 25.7 Å². The number of para-hydroxylation sites is 2. The molecule has 5 aromatic rings. The summed E-state index contributed by atoms with van der Waals surface area (Å²) in [6, 6.07) is 24.2. The van der Waals surface area contributed by atoms with Crippen LogP contribution in [0.4, 0.5) is 4.79 Å². The first kappa shape index (κ1) is 28.7. The molecule has 9 nitrogen and oxygen atoms in total. The minimum Gasteiger partial charge on any atom is -0.448 e. The molecule has 5 N–H and O–H groups in total. The number of fused-ring (bicyclic) bond motifs is 2. The zero-order chi connectivity index (χ0) is 29.1. The van der Waals surface area contributed by atoms with Gasteiger partial charge < -0.3 is 20.0 Å². The molecule has 3 aromatic carbocycles. The van der Waals surface area contributed by atoms with E-state index >= 15 is 0 Å². The first-order valence-electron chi connectivity index (χ1n) is 14.0. The highest BCUT2D eigenvalue weighted by atomic mass is 16.5. The van der Waals surface area contributed by atoms with Crippen molar-refractivity contribution < 1.29 is 19.5 Å². The number of nitrogens with one attached hydrogen (secondary N) is 4. The fraction of sp³-hybridized carbons (Fsp3) is 0.212. The maximum Gasteiger partial charge on any atom is 0.407 e. The number of aromatic amines is 2. The second-order valence-electron chi connectivity index (χ2n) is 10.1. The number of nitrogens with zero attached hydrogens (tertiary/aromatic N) is 1. The Morgan fingerprint density at radius 3 is 2.14 bits per heavy atom. The monoisotopic (exact) mass is 565 g/mol. The van der Waals surface area contributed by atoms with Gasteiger partial charge in [0, 0.05) is 66.5 Å². The Kier molecular flexibility index (Phi) is 9.66. The summed E-state index contributed by atoms with van der Waals surface area (Å²) in [6.45, 7) is 2.80. The van der Waals surface area contributed by atoms with E-state index < -0.39 is 12.0 Å². The van der Waals surface area contributed by atoms with E-state index in [-0.39, 0.29) is 6.61 Å². The molecule has 2 aromatic heterocycles. The summed E-state index contributed by atoms with van der Waals surface area (Å²) in [5, 5.41) is 13.9. The molecule has 42 heavy (non-hydrogen) atoms. The van der Waals surface area contributed by atoms with Crippen molar-refractivity contribution in [2.75, 3.05) is 26.2 Å².